The van der Waals surface area contributed by atoms with E-state index in [4.69, 9.17) is 4.74 Å². The molecule has 19 heavy (non-hydrogen) atoms. The summed E-state index contributed by atoms with van der Waals surface area (Å²) in [6.45, 7) is 1.47. The smallest absolute Gasteiger partial charge is 0.244 e. The fraction of sp³-hybridized carbons (Fsp3) is 0.538. The van der Waals surface area contributed by atoms with Gasteiger partial charge in [0, 0.05) is 12.6 Å². The summed E-state index contributed by atoms with van der Waals surface area (Å²) in [5.41, 5.74) is 0. The number of methoxy groups -OCH3 is 1. The second-order valence-corrected chi connectivity index (χ2v) is 6.37. The molecule has 1 saturated heterocycles. The molecule has 2 N–H and O–H groups in total. The van der Waals surface area contributed by atoms with Crippen molar-refractivity contribution < 1.29 is 13.2 Å². The maximum Gasteiger partial charge on any atom is 0.244 e. The summed E-state index contributed by atoms with van der Waals surface area (Å²) < 4.78 is 32.1. The number of hydrogen-bond donors (Lipinski definition) is 2. The molecule has 1 aromatic rings. The van der Waals surface area contributed by atoms with Crippen LogP contribution in [0.1, 0.15) is 19.3 Å². The van der Waals surface area contributed by atoms with E-state index in [0.717, 1.165) is 19.4 Å². The van der Waals surface area contributed by atoms with Gasteiger partial charge in [0.2, 0.25) is 10.0 Å². The third-order valence-corrected chi connectivity index (χ3v) is 4.81. The van der Waals surface area contributed by atoms with Gasteiger partial charge in [0.15, 0.2) is 0 Å². The van der Waals surface area contributed by atoms with E-state index in [1.807, 2.05) is 0 Å². The third kappa shape index (κ3) is 3.68. The largest absolute Gasteiger partial charge is 0.495 e. The lowest BCUT2D eigenvalue weighted by Crippen LogP contribution is -2.30. The monoisotopic (exact) mass is 284 g/mol. The van der Waals surface area contributed by atoms with Crippen LogP contribution in [-0.4, -0.2) is 34.7 Å². The highest BCUT2D eigenvalue weighted by Gasteiger charge is 2.20. The first-order valence-corrected chi connectivity index (χ1v) is 7.98. The molecule has 0 aliphatic carbocycles. The van der Waals surface area contributed by atoms with Crippen LogP contribution >= 0.6 is 0 Å². The lowest BCUT2D eigenvalue weighted by atomic mass is 10.2. The van der Waals surface area contributed by atoms with Gasteiger partial charge in [-0.2, -0.15) is 0 Å². The average Bonchev–Trinajstić information content (AvgIpc) is 2.91. The van der Waals surface area contributed by atoms with E-state index in [0.29, 0.717) is 18.3 Å². The highest BCUT2D eigenvalue weighted by molar-refractivity contribution is 7.89. The van der Waals surface area contributed by atoms with Gasteiger partial charge in [0.05, 0.1) is 7.11 Å². The van der Waals surface area contributed by atoms with E-state index in [9.17, 15) is 8.42 Å². The zero-order valence-corrected chi connectivity index (χ0v) is 11.9. The Kier molecular flexibility index (Phi) is 4.79. The Morgan fingerprint density at radius 3 is 2.89 bits per heavy atom. The predicted octanol–water partition coefficient (Wildman–Crippen LogP) is 1.12. The molecule has 1 heterocycles. The Labute approximate surface area is 114 Å². The SMILES string of the molecule is COc1ccccc1S(=O)(=O)NCC[C@@H]1CCCN1. The number of nitrogens with one attached hydrogen (secondary N) is 2. The quantitative estimate of drug-likeness (QED) is 0.821. The van der Waals surface area contributed by atoms with Crippen molar-refractivity contribution in [1.82, 2.24) is 10.0 Å². The summed E-state index contributed by atoms with van der Waals surface area (Å²) in [6, 6.07) is 7.07. The number of hydrogen-bond acceptors (Lipinski definition) is 4. The summed E-state index contributed by atoms with van der Waals surface area (Å²) in [6.07, 6.45) is 3.11. The molecule has 1 aromatic carbocycles. The minimum Gasteiger partial charge on any atom is -0.495 e. The normalized spacial score (nSPS) is 19.5. The van der Waals surface area contributed by atoms with Crippen LogP contribution in [-0.2, 0) is 10.0 Å². The van der Waals surface area contributed by atoms with E-state index in [1.54, 1.807) is 24.3 Å². The summed E-state index contributed by atoms with van der Waals surface area (Å²) in [5, 5.41) is 3.35. The molecule has 0 bridgehead atoms. The van der Waals surface area contributed by atoms with Crippen molar-refractivity contribution in [2.24, 2.45) is 0 Å². The van der Waals surface area contributed by atoms with Crippen molar-refractivity contribution in [1.29, 1.82) is 0 Å². The minimum absolute atomic E-state index is 0.192. The van der Waals surface area contributed by atoms with Gasteiger partial charge in [-0.05, 0) is 37.9 Å². The zero-order valence-electron chi connectivity index (χ0n) is 11.1. The van der Waals surface area contributed by atoms with Gasteiger partial charge in [0.25, 0.3) is 0 Å². The molecule has 6 heteroatoms. The molecule has 1 atom stereocenters. The van der Waals surface area contributed by atoms with Gasteiger partial charge in [-0.25, -0.2) is 13.1 Å². The highest BCUT2D eigenvalue weighted by atomic mass is 32.2. The molecule has 1 aliphatic rings. The first-order chi connectivity index (χ1) is 9.13. The van der Waals surface area contributed by atoms with Gasteiger partial charge >= 0.3 is 0 Å². The molecule has 0 unspecified atom stereocenters. The molecule has 0 amide bonds. The van der Waals surface area contributed by atoms with Crippen LogP contribution in [0.15, 0.2) is 29.2 Å². The van der Waals surface area contributed by atoms with Gasteiger partial charge in [-0.1, -0.05) is 12.1 Å². The van der Waals surface area contributed by atoms with Crippen LogP contribution < -0.4 is 14.8 Å². The third-order valence-electron chi connectivity index (χ3n) is 3.31. The maximum absolute atomic E-state index is 12.2. The fourth-order valence-electron chi connectivity index (χ4n) is 2.29. The Balaban J connectivity index is 1.97. The Bertz CT molecular complexity index is 510. The van der Waals surface area contributed by atoms with Gasteiger partial charge in [0.1, 0.15) is 10.6 Å². The van der Waals surface area contributed by atoms with Gasteiger partial charge < -0.3 is 10.1 Å². The summed E-state index contributed by atoms with van der Waals surface area (Å²) in [4.78, 5) is 0.192. The number of rotatable bonds is 6. The number of benzene rings is 1. The first kappa shape index (κ1) is 14.3. The topological polar surface area (TPSA) is 67.4 Å². The van der Waals surface area contributed by atoms with Crippen LogP contribution in [0, 0.1) is 0 Å². The maximum atomic E-state index is 12.2. The molecule has 1 aliphatic heterocycles. The van der Waals surface area contributed by atoms with Crippen LogP contribution in [0.2, 0.25) is 0 Å². The first-order valence-electron chi connectivity index (χ1n) is 6.49. The zero-order chi connectivity index (χ0) is 13.7. The summed E-state index contributed by atoms with van der Waals surface area (Å²) in [7, 11) is -2.03. The lowest BCUT2D eigenvalue weighted by Gasteiger charge is -2.12. The van der Waals surface area contributed by atoms with E-state index in [1.165, 1.54) is 13.5 Å². The van der Waals surface area contributed by atoms with E-state index < -0.39 is 10.0 Å². The molecule has 5 nitrogen and oxygen atoms in total. The van der Waals surface area contributed by atoms with Crippen molar-refractivity contribution in [2.75, 3.05) is 20.2 Å². The van der Waals surface area contributed by atoms with Crippen molar-refractivity contribution in [3.63, 3.8) is 0 Å². The molecule has 106 valence electrons. The van der Waals surface area contributed by atoms with E-state index >= 15 is 0 Å². The number of para-hydroxylation sites is 1. The molecule has 1 fully saturated rings. The molecular formula is C13H20N2O3S. The van der Waals surface area contributed by atoms with Crippen LogP contribution in [0.3, 0.4) is 0 Å². The van der Waals surface area contributed by atoms with Crippen LogP contribution in [0.4, 0.5) is 0 Å². The van der Waals surface area contributed by atoms with Crippen molar-refractivity contribution in [3.8, 4) is 5.75 Å². The summed E-state index contributed by atoms with van der Waals surface area (Å²) in [5.74, 6) is 0.369. The highest BCUT2D eigenvalue weighted by Crippen LogP contribution is 2.22. The van der Waals surface area contributed by atoms with Crippen LogP contribution in [0.25, 0.3) is 0 Å². The van der Waals surface area contributed by atoms with Crippen molar-refractivity contribution in [3.05, 3.63) is 24.3 Å². The van der Waals surface area contributed by atoms with E-state index in [-0.39, 0.29) is 4.90 Å². The predicted molar refractivity (Wildman–Crippen MR) is 73.8 cm³/mol. The van der Waals surface area contributed by atoms with E-state index in [2.05, 4.69) is 10.0 Å². The lowest BCUT2D eigenvalue weighted by molar-refractivity contribution is 0.402. The molecule has 0 spiro atoms. The van der Waals surface area contributed by atoms with Gasteiger partial charge in [-0.3, -0.25) is 0 Å². The van der Waals surface area contributed by atoms with Crippen LogP contribution in [0.5, 0.6) is 5.75 Å². The number of sulfonamides is 1. The fourth-order valence-corrected chi connectivity index (χ4v) is 3.51. The standard InChI is InChI=1S/C13H20N2O3S/c1-18-12-6-2-3-7-13(12)19(16,17)15-10-8-11-5-4-9-14-11/h2-3,6-7,11,14-15H,4-5,8-10H2,1H3/t11-/m0/s1. The average molecular weight is 284 g/mol. The molecule has 2 rings (SSSR count). The molecule has 0 radical (unpaired) electrons. The van der Waals surface area contributed by atoms with Gasteiger partial charge in [-0.15, -0.1) is 0 Å². The van der Waals surface area contributed by atoms with Crippen molar-refractivity contribution in [2.45, 2.75) is 30.2 Å². The summed E-state index contributed by atoms with van der Waals surface area (Å²) >= 11 is 0. The Hall–Kier alpha value is -1.11. The molecular weight excluding hydrogens is 264 g/mol. The number of ether oxygens (including phenoxy) is 1. The Morgan fingerprint density at radius 1 is 1.42 bits per heavy atom. The minimum atomic E-state index is -3.50. The second kappa shape index (κ2) is 6.36. The molecule has 0 aromatic heterocycles. The van der Waals surface area contributed by atoms with Crippen molar-refractivity contribution >= 4 is 10.0 Å². The Morgan fingerprint density at radius 2 is 2.21 bits per heavy atom. The molecule has 0 saturated carbocycles. The second-order valence-electron chi connectivity index (χ2n) is 4.63.